The number of sulfonamides is 1. The molecule has 2 heterocycles. The Hall–Kier alpha value is -3.08. The number of thiophene rings is 1. The predicted molar refractivity (Wildman–Crippen MR) is 123 cm³/mol. The lowest BCUT2D eigenvalue weighted by Crippen LogP contribution is -2.26. The van der Waals surface area contributed by atoms with E-state index in [0.717, 1.165) is 4.31 Å². The van der Waals surface area contributed by atoms with Crippen LogP contribution in [0.4, 0.5) is 5.69 Å². The first-order valence-electron chi connectivity index (χ1n) is 9.23. The van der Waals surface area contributed by atoms with Crippen molar-refractivity contribution in [2.45, 2.75) is 4.90 Å². The van der Waals surface area contributed by atoms with Gasteiger partial charge in [0.15, 0.2) is 11.5 Å². The Bertz CT molecular complexity index is 1370. The van der Waals surface area contributed by atoms with Crippen molar-refractivity contribution in [3.63, 3.8) is 0 Å². The molecule has 0 bridgehead atoms. The molecule has 0 radical (unpaired) electrons. The second-order valence-corrected chi connectivity index (χ2v) is 9.85. The molecule has 2 aromatic heterocycles. The molecule has 4 aromatic rings. The van der Waals surface area contributed by atoms with Crippen LogP contribution in [0.2, 0.25) is 5.02 Å². The summed E-state index contributed by atoms with van der Waals surface area (Å²) < 4.78 is 43.9. The van der Waals surface area contributed by atoms with Gasteiger partial charge in [0.2, 0.25) is 5.82 Å². The molecular weight excluding hydrogens is 474 g/mol. The molecule has 2 aromatic carbocycles. The second kappa shape index (κ2) is 8.81. The highest BCUT2D eigenvalue weighted by Gasteiger charge is 2.29. The van der Waals surface area contributed by atoms with Crippen molar-refractivity contribution < 1.29 is 22.4 Å². The third-order valence-electron chi connectivity index (χ3n) is 4.70. The molecule has 0 saturated heterocycles. The summed E-state index contributed by atoms with van der Waals surface area (Å²) in [6.07, 6.45) is 0. The number of rotatable bonds is 7. The lowest BCUT2D eigenvalue weighted by molar-refractivity contribution is 0.355. The summed E-state index contributed by atoms with van der Waals surface area (Å²) in [5.41, 5.74) is 1.07. The number of aromatic nitrogens is 2. The maximum Gasteiger partial charge on any atom is 0.269 e. The lowest BCUT2D eigenvalue weighted by atomic mass is 10.2. The van der Waals surface area contributed by atoms with Gasteiger partial charge in [-0.15, -0.1) is 11.3 Å². The summed E-state index contributed by atoms with van der Waals surface area (Å²) in [7, 11) is 0.524. The van der Waals surface area contributed by atoms with E-state index in [0.29, 0.717) is 38.5 Å². The van der Waals surface area contributed by atoms with Gasteiger partial charge in [-0.3, -0.25) is 4.31 Å². The van der Waals surface area contributed by atoms with Gasteiger partial charge in [0.05, 0.1) is 19.9 Å². The molecule has 0 aliphatic carbocycles. The first-order chi connectivity index (χ1) is 15.3. The van der Waals surface area contributed by atoms with Gasteiger partial charge in [0, 0.05) is 23.7 Å². The number of hydrogen-bond donors (Lipinski definition) is 0. The van der Waals surface area contributed by atoms with E-state index in [1.807, 2.05) is 0 Å². The van der Waals surface area contributed by atoms with E-state index in [4.69, 9.17) is 25.6 Å². The number of ether oxygens (including phenoxy) is 2. The Labute approximate surface area is 194 Å². The maximum absolute atomic E-state index is 13.4. The standard InChI is InChI=1S/C21H18ClN3O5S2/c1-25(15-7-8-16(28-2)17(12-15)29-3)32(26,27)18-9-10-31-19(18)21-23-20(24-30-21)13-5-4-6-14(22)11-13/h4-12H,1-3H3. The number of methoxy groups -OCH3 is 2. The van der Waals surface area contributed by atoms with E-state index < -0.39 is 10.0 Å². The normalized spacial score (nSPS) is 11.4. The van der Waals surface area contributed by atoms with Crippen molar-refractivity contribution in [3.8, 4) is 33.7 Å². The Morgan fingerprint density at radius 1 is 1.06 bits per heavy atom. The zero-order valence-corrected chi connectivity index (χ0v) is 19.7. The topological polar surface area (TPSA) is 94.8 Å². The zero-order valence-electron chi connectivity index (χ0n) is 17.3. The summed E-state index contributed by atoms with van der Waals surface area (Å²) in [6.45, 7) is 0. The van der Waals surface area contributed by atoms with Gasteiger partial charge in [-0.2, -0.15) is 4.98 Å². The van der Waals surface area contributed by atoms with E-state index >= 15 is 0 Å². The van der Waals surface area contributed by atoms with Crippen LogP contribution >= 0.6 is 22.9 Å². The monoisotopic (exact) mass is 491 g/mol. The van der Waals surface area contributed by atoms with Crippen LogP contribution in [0.15, 0.2) is 63.3 Å². The van der Waals surface area contributed by atoms with E-state index in [1.54, 1.807) is 47.8 Å². The van der Waals surface area contributed by atoms with Gasteiger partial charge in [-0.25, -0.2) is 8.42 Å². The van der Waals surface area contributed by atoms with Crippen molar-refractivity contribution in [1.29, 1.82) is 0 Å². The number of nitrogens with zero attached hydrogens (tertiary/aromatic N) is 3. The largest absolute Gasteiger partial charge is 0.493 e. The highest BCUT2D eigenvalue weighted by molar-refractivity contribution is 7.93. The Balaban J connectivity index is 1.70. The first kappa shape index (κ1) is 22.1. The average molecular weight is 492 g/mol. The van der Waals surface area contributed by atoms with Crippen molar-refractivity contribution in [2.75, 3.05) is 25.6 Å². The molecule has 11 heteroatoms. The second-order valence-electron chi connectivity index (χ2n) is 6.56. The molecule has 8 nitrogen and oxygen atoms in total. The minimum atomic E-state index is -3.94. The van der Waals surface area contributed by atoms with Crippen LogP contribution in [-0.2, 0) is 10.0 Å². The minimum Gasteiger partial charge on any atom is -0.493 e. The smallest absolute Gasteiger partial charge is 0.269 e. The van der Waals surface area contributed by atoms with Crippen molar-refractivity contribution in [3.05, 3.63) is 58.9 Å². The van der Waals surface area contributed by atoms with Gasteiger partial charge in [-0.05, 0) is 35.7 Å². The fraction of sp³-hybridized carbons (Fsp3) is 0.143. The van der Waals surface area contributed by atoms with Crippen LogP contribution in [0.25, 0.3) is 22.2 Å². The molecule has 0 N–H and O–H groups in total. The molecule has 0 unspecified atom stereocenters. The average Bonchev–Trinajstić information content (AvgIpc) is 3.48. The van der Waals surface area contributed by atoms with Gasteiger partial charge in [0.25, 0.3) is 15.9 Å². The minimum absolute atomic E-state index is 0.0566. The summed E-state index contributed by atoms with van der Waals surface area (Å²) in [5, 5.41) is 6.17. The first-order valence-corrected chi connectivity index (χ1v) is 11.9. The molecule has 0 atom stereocenters. The van der Waals surface area contributed by atoms with Crippen LogP contribution in [0.3, 0.4) is 0 Å². The molecule has 0 spiro atoms. The van der Waals surface area contributed by atoms with Crippen LogP contribution in [-0.4, -0.2) is 39.8 Å². The molecule has 166 valence electrons. The van der Waals surface area contributed by atoms with Crippen LogP contribution < -0.4 is 13.8 Å². The number of benzene rings is 2. The molecule has 0 aliphatic rings. The number of anilines is 1. The van der Waals surface area contributed by atoms with Gasteiger partial charge in [0.1, 0.15) is 9.77 Å². The SMILES string of the molecule is COc1ccc(N(C)S(=O)(=O)c2ccsc2-c2nc(-c3cccc(Cl)c3)no2)cc1OC. The maximum atomic E-state index is 13.4. The Kier molecular flexibility index (Phi) is 6.09. The summed E-state index contributed by atoms with van der Waals surface area (Å²) in [4.78, 5) is 4.78. The van der Waals surface area contributed by atoms with E-state index in [1.165, 1.54) is 38.7 Å². The van der Waals surface area contributed by atoms with Crippen LogP contribution in [0.1, 0.15) is 0 Å². The predicted octanol–water partition coefficient (Wildman–Crippen LogP) is 4.96. The van der Waals surface area contributed by atoms with Gasteiger partial charge < -0.3 is 14.0 Å². The molecule has 4 rings (SSSR count). The molecule has 0 saturated carbocycles. The fourth-order valence-corrected chi connectivity index (χ4v) is 5.72. The van der Waals surface area contributed by atoms with Crippen molar-refractivity contribution in [1.82, 2.24) is 10.1 Å². The molecule has 32 heavy (non-hydrogen) atoms. The lowest BCUT2D eigenvalue weighted by Gasteiger charge is -2.20. The highest BCUT2D eigenvalue weighted by Crippen LogP contribution is 2.37. The van der Waals surface area contributed by atoms with Crippen molar-refractivity contribution >= 4 is 38.6 Å². The van der Waals surface area contributed by atoms with Crippen LogP contribution in [0, 0.1) is 0 Å². The van der Waals surface area contributed by atoms with Crippen LogP contribution in [0.5, 0.6) is 11.5 Å². The molecule has 0 amide bonds. The Morgan fingerprint density at radius 3 is 2.56 bits per heavy atom. The number of halogens is 1. The quantitative estimate of drug-likeness (QED) is 0.360. The molecule has 0 fully saturated rings. The van der Waals surface area contributed by atoms with E-state index in [9.17, 15) is 8.42 Å². The third-order valence-corrected chi connectivity index (χ3v) is 7.80. The Morgan fingerprint density at radius 2 is 1.84 bits per heavy atom. The van der Waals surface area contributed by atoms with Gasteiger partial charge in [-0.1, -0.05) is 28.9 Å². The fourth-order valence-electron chi connectivity index (χ4n) is 3.02. The molecule has 0 aliphatic heterocycles. The number of hydrogen-bond acceptors (Lipinski definition) is 8. The van der Waals surface area contributed by atoms with Crippen molar-refractivity contribution in [2.24, 2.45) is 0 Å². The summed E-state index contributed by atoms with van der Waals surface area (Å²) in [5.74, 6) is 1.33. The molecular formula is C21H18ClN3O5S2. The third kappa shape index (κ3) is 4.04. The summed E-state index contributed by atoms with van der Waals surface area (Å²) >= 11 is 7.23. The van der Waals surface area contributed by atoms with Gasteiger partial charge >= 0.3 is 0 Å². The van der Waals surface area contributed by atoms with E-state index in [2.05, 4.69) is 10.1 Å². The summed E-state index contributed by atoms with van der Waals surface area (Å²) in [6, 6.07) is 13.4. The van der Waals surface area contributed by atoms with E-state index in [-0.39, 0.29) is 10.8 Å². The zero-order chi connectivity index (χ0) is 22.9. The highest BCUT2D eigenvalue weighted by atomic mass is 35.5.